The Morgan fingerprint density at radius 2 is 2.00 bits per heavy atom. The number of hydrogen-bond acceptors (Lipinski definition) is 2. The molecule has 0 amide bonds. The predicted molar refractivity (Wildman–Crippen MR) is 50.4 cm³/mol. The standard InChI is InChI=1S/C11H14O2/c1-9(12)11(7-8-13-11)10-5-3-2-4-6-10/h2-6,9,12H,7-8H2,1H3. The van der Waals surface area contributed by atoms with Gasteiger partial charge >= 0.3 is 0 Å². The van der Waals surface area contributed by atoms with Crippen molar-refractivity contribution in [3.63, 3.8) is 0 Å². The molecule has 2 rings (SSSR count). The smallest absolute Gasteiger partial charge is 0.121 e. The Balaban J connectivity index is 2.32. The van der Waals surface area contributed by atoms with E-state index in [0.29, 0.717) is 0 Å². The first-order valence-electron chi connectivity index (χ1n) is 4.63. The molecule has 2 nitrogen and oxygen atoms in total. The Labute approximate surface area is 78.2 Å². The van der Waals surface area contributed by atoms with Crippen molar-refractivity contribution >= 4 is 0 Å². The van der Waals surface area contributed by atoms with Gasteiger partial charge in [0, 0.05) is 6.42 Å². The summed E-state index contributed by atoms with van der Waals surface area (Å²) in [4.78, 5) is 0. The Bertz CT molecular complexity index is 275. The van der Waals surface area contributed by atoms with Gasteiger partial charge in [-0.3, -0.25) is 0 Å². The van der Waals surface area contributed by atoms with Gasteiger partial charge in [-0.2, -0.15) is 0 Å². The van der Waals surface area contributed by atoms with Crippen molar-refractivity contribution in [3.8, 4) is 0 Å². The third-order valence-electron chi connectivity index (χ3n) is 2.77. The van der Waals surface area contributed by atoms with Crippen molar-refractivity contribution in [1.29, 1.82) is 0 Å². The van der Waals surface area contributed by atoms with Crippen LogP contribution in [0.3, 0.4) is 0 Å². The first-order chi connectivity index (χ1) is 6.26. The van der Waals surface area contributed by atoms with Gasteiger partial charge in [0.05, 0.1) is 12.7 Å². The van der Waals surface area contributed by atoms with Crippen molar-refractivity contribution in [2.45, 2.75) is 25.0 Å². The minimum absolute atomic E-state index is 0.429. The highest BCUT2D eigenvalue weighted by Crippen LogP contribution is 2.40. The summed E-state index contributed by atoms with van der Waals surface area (Å²) in [5.41, 5.74) is 0.651. The first kappa shape index (κ1) is 8.73. The molecule has 2 atom stereocenters. The van der Waals surface area contributed by atoms with E-state index in [1.54, 1.807) is 6.92 Å². The molecular weight excluding hydrogens is 164 g/mol. The van der Waals surface area contributed by atoms with Crippen LogP contribution in [-0.2, 0) is 10.3 Å². The summed E-state index contributed by atoms with van der Waals surface area (Å²) in [5.74, 6) is 0. The van der Waals surface area contributed by atoms with E-state index >= 15 is 0 Å². The molecule has 1 heterocycles. The Morgan fingerprint density at radius 3 is 2.38 bits per heavy atom. The molecule has 1 aliphatic heterocycles. The van der Waals surface area contributed by atoms with Gasteiger partial charge in [0.15, 0.2) is 0 Å². The third-order valence-corrected chi connectivity index (χ3v) is 2.77. The van der Waals surface area contributed by atoms with Crippen molar-refractivity contribution in [2.24, 2.45) is 0 Å². The molecule has 1 N–H and O–H groups in total. The van der Waals surface area contributed by atoms with Gasteiger partial charge in [0.25, 0.3) is 0 Å². The fraction of sp³-hybridized carbons (Fsp3) is 0.455. The maximum atomic E-state index is 9.65. The molecule has 70 valence electrons. The predicted octanol–water partition coefficient (Wildman–Crippen LogP) is 1.68. The van der Waals surface area contributed by atoms with E-state index in [2.05, 4.69) is 0 Å². The van der Waals surface area contributed by atoms with Crippen molar-refractivity contribution in [2.75, 3.05) is 6.61 Å². The van der Waals surface area contributed by atoms with Crippen LogP contribution in [0.5, 0.6) is 0 Å². The van der Waals surface area contributed by atoms with E-state index in [0.717, 1.165) is 18.6 Å². The highest BCUT2D eigenvalue weighted by atomic mass is 16.5. The lowest BCUT2D eigenvalue weighted by Crippen LogP contribution is -2.49. The van der Waals surface area contributed by atoms with E-state index in [4.69, 9.17) is 4.74 Å². The number of hydrogen-bond donors (Lipinski definition) is 1. The minimum atomic E-state index is -0.441. The van der Waals surface area contributed by atoms with Crippen LogP contribution < -0.4 is 0 Å². The van der Waals surface area contributed by atoms with Gasteiger partial charge in [-0.15, -0.1) is 0 Å². The van der Waals surface area contributed by atoms with E-state index < -0.39 is 11.7 Å². The second-order valence-electron chi connectivity index (χ2n) is 3.53. The topological polar surface area (TPSA) is 29.5 Å². The van der Waals surface area contributed by atoms with Gasteiger partial charge in [0.2, 0.25) is 0 Å². The highest BCUT2D eigenvalue weighted by molar-refractivity contribution is 5.25. The van der Waals surface area contributed by atoms with Crippen molar-refractivity contribution in [3.05, 3.63) is 35.9 Å². The Morgan fingerprint density at radius 1 is 1.38 bits per heavy atom. The monoisotopic (exact) mass is 178 g/mol. The zero-order chi connectivity index (χ0) is 9.31. The average Bonchev–Trinajstić information content (AvgIpc) is 2.03. The van der Waals surface area contributed by atoms with Crippen LogP contribution in [0.2, 0.25) is 0 Å². The number of ether oxygens (including phenoxy) is 1. The number of benzene rings is 1. The lowest BCUT2D eigenvalue weighted by Gasteiger charge is -2.44. The number of rotatable bonds is 2. The first-order valence-corrected chi connectivity index (χ1v) is 4.63. The van der Waals surface area contributed by atoms with E-state index in [1.165, 1.54) is 0 Å². The molecule has 2 unspecified atom stereocenters. The summed E-state index contributed by atoms with van der Waals surface area (Å²) in [6.45, 7) is 2.53. The molecule has 1 aromatic carbocycles. The van der Waals surface area contributed by atoms with Crippen LogP contribution in [0.1, 0.15) is 18.9 Å². The fourth-order valence-corrected chi connectivity index (χ4v) is 1.84. The molecule has 1 fully saturated rings. The fourth-order valence-electron chi connectivity index (χ4n) is 1.84. The van der Waals surface area contributed by atoms with Gasteiger partial charge < -0.3 is 9.84 Å². The molecule has 0 spiro atoms. The largest absolute Gasteiger partial charge is 0.390 e. The summed E-state index contributed by atoms with van der Waals surface area (Å²) < 4.78 is 5.52. The lowest BCUT2D eigenvalue weighted by molar-refractivity contribution is -0.207. The van der Waals surface area contributed by atoms with E-state index in [9.17, 15) is 5.11 Å². The van der Waals surface area contributed by atoms with Crippen LogP contribution in [-0.4, -0.2) is 17.8 Å². The summed E-state index contributed by atoms with van der Waals surface area (Å²) in [7, 11) is 0. The maximum Gasteiger partial charge on any atom is 0.121 e. The number of aliphatic hydroxyl groups is 1. The molecule has 0 radical (unpaired) electrons. The van der Waals surface area contributed by atoms with Crippen LogP contribution in [0.25, 0.3) is 0 Å². The van der Waals surface area contributed by atoms with Crippen LogP contribution >= 0.6 is 0 Å². The summed E-state index contributed by atoms with van der Waals surface area (Å²) in [6, 6.07) is 9.93. The van der Waals surface area contributed by atoms with Crippen molar-refractivity contribution in [1.82, 2.24) is 0 Å². The Kier molecular flexibility index (Phi) is 2.10. The minimum Gasteiger partial charge on any atom is -0.390 e. The normalized spacial score (nSPS) is 29.4. The molecule has 0 aliphatic carbocycles. The molecular formula is C11H14O2. The molecule has 1 aliphatic rings. The molecule has 2 heteroatoms. The lowest BCUT2D eigenvalue weighted by atomic mass is 9.82. The zero-order valence-corrected chi connectivity index (χ0v) is 7.73. The molecule has 1 aromatic rings. The number of aliphatic hydroxyl groups excluding tert-OH is 1. The quantitative estimate of drug-likeness (QED) is 0.746. The maximum absolute atomic E-state index is 9.65. The van der Waals surface area contributed by atoms with E-state index in [-0.39, 0.29) is 0 Å². The van der Waals surface area contributed by atoms with E-state index in [1.807, 2.05) is 30.3 Å². The average molecular weight is 178 g/mol. The second-order valence-corrected chi connectivity index (χ2v) is 3.53. The van der Waals surface area contributed by atoms with Gasteiger partial charge in [-0.05, 0) is 12.5 Å². The van der Waals surface area contributed by atoms with Crippen molar-refractivity contribution < 1.29 is 9.84 Å². The molecule has 0 bridgehead atoms. The third kappa shape index (κ3) is 1.26. The van der Waals surface area contributed by atoms with Crippen LogP contribution in [0, 0.1) is 0 Å². The summed E-state index contributed by atoms with van der Waals surface area (Å²) >= 11 is 0. The second kappa shape index (κ2) is 3.13. The molecule has 0 saturated carbocycles. The van der Waals surface area contributed by atoms with Gasteiger partial charge in [-0.25, -0.2) is 0 Å². The van der Waals surface area contributed by atoms with Crippen LogP contribution in [0.15, 0.2) is 30.3 Å². The van der Waals surface area contributed by atoms with Gasteiger partial charge in [-0.1, -0.05) is 30.3 Å². The summed E-state index contributed by atoms with van der Waals surface area (Å²) in [5, 5.41) is 9.65. The SMILES string of the molecule is CC(O)C1(c2ccccc2)CCO1. The molecule has 13 heavy (non-hydrogen) atoms. The summed E-state index contributed by atoms with van der Waals surface area (Å²) in [6.07, 6.45) is 0.470. The molecule has 1 saturated heterocycles. The highest BCUT2D eigenvalue weighted by Gasteiger charge is 2.44. The molecule has 0 aromatic heterocycles. The van der Waals surface area contributed by atoms with Gasteiger partial charge in [0.1, 0.15) is 5.60 Å². The van der Waals surface area contributed by atoms with Crippen LogP contribution in [0.4, 0.5) is 0 Å². The zero-order valence-electron chi connectivity index (χ0n) is 7.73. The Hall–Kier alpha value is -0.860.